The topological polar surface area (TPSA) is 73.1 Å². The molecule has 6 nitrogen and oxygen atoms in total. The first-order valence-corrected chi connectivity index (χ1v) is 13.3. The number of aliphatic imine (C=N–C) groups is 1. The molecule has 7 heteroatoms. The standard InChI is InChI=1S/C29H36N2O4S/c1-18(2)35-23-12-9-19(14-24(23)33-6)16-31-28-26(27(32)30-17-21-8-7-13-34-21)22-11-10-20(29(3,4)5)15-25(22)36-28/h7-9,12-14,16,18,20H,10-11,15,17H2,1-6H3,(H,30,32)/t20-/m0/s1. The molecule has 0 fully saturated rings. The highest BCUT2D eigenvalue weighted by Gasteiger charge is 2.33. The normalized spacial score (nSPS) is 15.8. The molecule has 192 valence electrons. The summed E-state index contributed by atoms with van der Waals surface area (Å²) in [6.07, 6.45) is 6.40. The van der Waals surface area contributed by atoms with E-state index in [1.54, 1.807) is 30.9 Å². The Kier molecular flexibility index (Phi) is 7.88. The number of carbonyl (C=O) groups excluding carboxylic acids is 1. The summed E-state index contributed by atoms with van der Waals surface area (Å²) in [4.78, 5) is 19.5. The maximum Gasteiger partial charge on any atom is 0.255 e. The number of fused-ring (bicyclic) bond motifs is 1. The number of hydrogen-bond donors (Lipinski definition) is 1. The molecule has 1 amide bonds. The van der Waals surface area contributed by atoms with Crippen molar-refractivity contribution in [2.75, 3.05) is 7.11 Å². The Balaban J connectivity index is 1.64. The second-order valence-electron chi connectivity index (χ2n) is 10.6. The fourth-order valence-electron chi connectivity index (χ4n) is 4.55. The molecule has 0 aliphatic heterocycles. The SMILES string of the molecule is COc1cc(C=Nc2sc3c(c2C(=O)NCc2ccco2)CC[C@H](C(C)(C)C)C3)ccc1OC(C)C. The van der Waals surface area contributed by atoms with Crippen molar-refractivity contribution in [2.24, 2.45) is 16.3 Å². The Morgan fingerprint density at radius 3 is 2.75 bits per heavy atom. The summed E-state index contributed by atoms with van der Waals surface area (Å²) >= 11 is 1.64. The van der Waals surface area contributed by atoms with Gasteiger partial charge in [0.05, 0.1) is 31.6 Å². The minimum atomic E-state index is -0.108. The van der Waals surface area contributed by atoms with Crippen molar-refractivity contribution in [2.45, 2.75) is 66.5 Å². The van der Waals surface area contributed by atoms with E-state index in [9.17, 15) is 4.79 Å². The smallest absolute Gasteiger partial charge is 0.255 e. The van der Waals surface area contributed by atoms with Crippen LogP contribution in [0.1, 0.15) is 73.2 Å². The predicted octanol–water partition coefficient (Wildman–Crippen LogP) is 6.97. The van der Waals surface area contributed by atoms with E-state index < -0.39 is 0 Å². The molecule has 36 heavy (non-hydrogen) atoms. The van der Waals surface area contributed by atoms with E-state index in [-0.39, 0.29) is 17.4 Å². The monoisotopic (exact) mass is 508 g/mol. The number of amides is 1. The Morgan fingerprint density at radius 2 is 2.08 bits per heavy atom. The van der Waals surface area contributed by atoms with Crippen molar-refractivity contribution in [3.63, 3.8) is 0 Å². The molecule has 0 unspecified atom stereocenters. The van der Waals surface area contributed by atoms with Crippen LogP contribution in [0.5, 0.6) is 11.5 Å². The average molecular weight is 509 g/mol. The van der Waals surface area contributed by atoms with E-state index in [1.807, 2.05) is 44.2 Å². The van der Waals surface area contributed by atoms with Gasteiger partial charge in [-0.15, -0.1) is 11.3 Å². The lowest BCUT2D eigenvalue weighted by Gasteiger charge is -2.33. The Labute approximate surface area is 217 Å². The predicted molar refractivity (Wildman–Crippen MR) is 145 cm³/mol. The zero-order valence-electron chi connectivity index (χ0n) is 22.0. The zero-order valence-corrected chi connectivity index (χ0v) is 22.8. The third kappa shape index (κ3) is 6.01. The molecule has 1 aliphatic rings. The van der Waals surface area contributed by atoms with E-state index in [4.69, 9.17) is 18.9 Å². The highest BCUT2D eigenvalue weighted by Crippen LogP contribution is 2.45. The summed E-state index contributed by atoms with van der Waals surface area (Å²) in [5.41, 5.74) is 2.94. The van der Waals surface area contributed by atoms with Gasteiger partial charge < -0.3 is 19.2 Å². The third-order valence-corrected chi connectivity index (χ3v) is 7.75. The van der Waals surface area contributed by atoms with Crippen molar-refractivity contribution >= 4 is 28.5 Å². The number of ether oxygens (including phenoxy) is 2. The number of thiophene rings is 1. The number of nitrogens with one attached hydrogen (secondary N) is 1. The number of hydrogen-bond acceptors (Lipinski definition) is 6. The molecule has 0 saturated carbocycles. The quantitative estimate of drug-likeness (QED) is 0.334. The minimum Gasteiger partial charge on any atom is -0.493 e. The molecule has 1 aromatic carbocycles. The van der Waals surface area contributed by atoms with Crippen LogP contribution in [0.4, 0.5) is 5.00 Å². The van der Waals surface area contributed by atoms with Crippen LogP contribution in [0.3, 0.4) is 0 Å². The van der Waals surface area contributed by atoms with Crippen molar-refractivity contribution < 1.29 is 18.7 Å². The molecular weight excluding hydrogens is 472 g/mol. The molecule has 2 aromatic heterocycles. The van der Waals surface area contributed by atoms with Gasteiger partial charge in [-0.2, -0.15) is 0 Å². The molecule has 1 N–H and O–H groups in total. The van der Waals surface area contributed by atoms with Crippen molar-refractivity contribution in [3.05, 3.63) is 63.9 Å². The van der Waals surface area contributed by atoms with Gasteiger partial charge >= 0.3 is 0 Å². The van der Waals surface area contributed by atoms with E-state index in [2.05, 4.69) is 26.1 Å². The van der Waals surface area contributed by atoms with Crippen molar-refractivity contribution in [3.8, 4) is 11.5 Å². The van der Waals surface area contributed by atoms with E-state index >= 15 is 0 Å². The van der Waals surface area contributed by atoms with Gasteiger partial charge in [-0.1, -0.05) is 20.8 Å². The van der Waals surface area contributed by atoms with Gasteiger partial charge in [0, 0.05) is 11.1 Å². The molecule has 0 saturated heterocycles. The van der Waals surface area contributed by atoms with Crippen molar-refractivity contribution in [1.29, 1.82) is 0 Å². The van der Waals surface area contributed by atoms with Crippen LogP contribution < -0.4 is 14.8 Å². The van der Waals surface area contributed by atoms with Crippen LogP contribution in [0, 0.1) is 11.3 Å². The summed E-state index contributed by atoms with van der Waals surface area (Å²) in [7, 11) is 1.63. The molecule has 0 bridgehead atoms. The fraction of sp³-hybridized carbons (Fsp3) is 0.448. The molecule has 1 atom stereocenters. The van der Waals surface area contributed by atoms with E-state index in [0.29, 0.717) is 29.5 Å². The molecule has 0 radical (unpaired) electrons. The molecule has 3 aromatic rings. The van der Waals surface area contributed by atoms with Gasteiger partial charge in [0.15, 0.2) is 11.5 Å². The van der Waals surface area contributed by atoms with Gasteiger partial charge in [-0.05, 0) is 85.9 Å². The average Bonchev–Trinajstić information content (AvgIpc) is 3.48. The number of benzene rings is 1. The molecule has 0 spiro atoms. The lowest BCUT2D eigenvalue weighted by atomic mass is 9.72. The Bertz CT molecular complexity index is 1220. The highest BCUT2D eigenvalue weighted by atomic mass is 32.1. The minimum absolute atomic E-state index is 0.0510. The van der Waals surface area contributed by atoms with Gasteiger partial charge in [0.25, 0.3) is 5.91 Å². The lowest BCUT2D eigenvalue weighted by Crippen LogP contribution is -2.28. The number of carbonyl (C=O) groups is 1. The molecule has 4 rings (SSSR count). The number of methoxy groups -OCH3 is 1. The first-order chi connectivity index (χ1) is 17.2. The summed E-state index contributed by atoms with van der Waals surface area (Å²) in [5.74, 6) is 2.55. The molecule has 2 heterocycles. The maximum atomic E-state index is 13.4. The van der Waals surface area contributed by atoms with Gasteiger partial charge in [-0.3, -0.25) is 4.79 Å². The third-order valence-electron chi connectivity index (χ3n) is 6.58. The van der Waals surface area contributed by atoms with Gasteiger partial charge in [-0.25, -0.2) is 4.99 Å². The first-order valence-electron chi connectivity index (χ1n) is 12.5. The zero-order chi connectivity index (χ0) is 25.9. The van der Waals surface area contributed by atoms with Crippen LogP contribution in [-0.2, 0) is 19.4 Å². The van der Waals surface area contributed by atoms with E-state index in [1.165, 1.54) is 4.88 Å². The second kappa shape index (κ2) is 10.9. The highest BCUT2D eigenvalue weighted by molar-refractivity contribution is 7.16. The summed E-state index contributed by atoms with van der Waals surface area (Å²) in [6.45, 7) is 11.2. The number of rotatable bonds is 8. The second-order valence-corrected chi connectivity index (χ2v) is 11.7. The number of nitrogens with zero attached hydrogens (tertiary/aromatic N) is 1. The maximum absolute atomic E-state index is 13.4. The largest absolute Gasteiger partial charge is 0.493 e. The lowest BCUT2D eigenvalue weighted by molar-refractivity contribution is 0.0947. The van der Waals surface area contributed by atoms with Gasteiger partial charge in [0.2, 0.25) is 0 Å². The van der Waals surface area contributed by atoms with Gasteiger partial charge in [0.1, 0.15) is 10.8 Å². The van der Waals surface area contributed by atoms with Crippen LogP contribution >= 0.6 is 11.3 Å². The van der Waals surface area contributed by atoms with Crippen LogP contribution in [0.2, 0.25) is 0 Å². The Hall–Kier alpha value is -3.06. The molecule has 1 aliphatic carbocycles. The van der Waals surface area contributed by atoms with Crippen LogP contribution in [0.15, 0.2) is 46.0 Å². The van der Waals surface area contributed by atoms with Crippen LogP contribution in [0.25, 0.3) is 0 Å². The van der Waals surface area contributed by atoms with E-state index in [0.717, 1.165) is 41.2 Å². The van der Waals surface area contributed by atoms with Crippen molar-refractivity contribution in [1.82, 2.24) is 5.32 Å². The summed E-state index contributed by atoms with van der Waals surface area (Å²) in [6, 6.07) is 9.42. The fourth-order valence-corrected chi connectivity index (χ4v) is 5.82. The van der Waals surface area contributed by atoms with Crippen LogP contribution in [-0.4, -0.2) is 25.3 Å². The number of furan rings is 1. The first kappa shape index (κ1) is 26.0. The Morgan fingerprint density at radius 1 is 1.28 bits per heavy atom. The summed E-state index contributed by atoms with van der Waals surface area (Å²) in [5, 5.41) is 3.77. The summed E-state index contributed by atoms with van der Waals surface area (Å²) < 4.78 is 16.7. The molecular formula is C29H36N2O4S.